The number of fused-ring (bicyclic) bond motifs is 4. The van der Waals surface area contributed by atoms with E-state index in [2.05, 4.69) is 162 Å². The van der Waals surface area contributed by atoms with E-state index in [1.165, 1.54) is 41.2 Å². The Bertz CT molecular complexity index is 1400. The molecule has 0 heterocycles. The van der Waals surface area contributed by atoms with Crippen LogP contribution in [0.15, 0.2) is 90.1 Å². The standard InChI is InChI=1S/C42H56.C3H8/c1-26-21-32(42(8,9)10)25-35(26)38(29-16-15-27-13-11-12-14-28(27)22-29)39-36-23-30(40(2,3)4)17-19-33(36)34-20-18-31(24-37(34)39)41(5,6)7;1-3-2/h11-20,22-24,26,32-39H,21,25H2,1-10H3;3H2,1-2H3/t26?,32?,33?,34?,35?,36?,37?,38-,39?;/m1./s1. The van der Waals surface area contributed by atoms with E-state index < -0.39 is 0 Å². The van der Waals surface area contributed by atoms with Gasteiger partial charge in [-0.1, -0.05) is 168 Å². The molecular weight excluding hydrogens is 540 g/mol. The van der Waals surface area contributed by atoms with Crippen molar-refractivity contribution in [1.82, 2.24) is 0 Å². The maximum absolute atomic E-state index is 2.75. The van der Waals surface area contributed by atoms with Crippen LogP contribution in [0.1, 0.15) is 114 Å². The van der Waals surface area contributed by atoms with Crippen molar-refractivity contribution in [2.75, 3.05) is 0 Å². The van der Waals surface area contributed by atoms with Crippen LogP contribution >= 0.6 is 0 Å². The van der Waals surface area contributed by atoms with Crippen molar-refractivity contribution in [2.24, 2.45) is 63.6 Å². The molecule has 2 aromatic carbocycles. The van der Waals surface area contributed by atoms with Gasteiger partial charge >= 0.3 is 0 Å². The van der Waals surface area contributed by atoms with Crippen LogP contribution in [0.5, 0.6) is 0 Å². The van der Waals surface area contributed by atoms with Gasteiger partial charge in [0.2, 0.25) is 0 Å². The minimum atomic E-state index is 0.165. The lowest BCUT2D eigenvalue weighted by Gasteiger charge is -2.40. The minimum Gasteiger partial charge on any atom is -0.0799 e. The zero-order valence-electron chi connectivity index (χ0n) is 30.8. The predicted octanol–water partition coefficient (Wildman–Crippen LogP) is 13.2. The number of hydrogen-bond donors (Lipinski definition) is 0. The highest BCUT2D eigenvalue weighted by Gasteiger charge is 2.55. The smallest absolute Gasteiger partial charge is 0.00907 e. The van der Waals surface area contributed by atoms with Gasteiger partial charge in [0.15, 0.2) is 0 Å². The summed E-state index contributed by atoms with van der Waals surface area (Å²) in [6.07, 6.45) is 19.7. The van der Waals surface area contributed by atoms with E-state index in [1.807, 2.05) is 0 Å². The molecule has 0 amide bonds. The van der Waals surface area contributed by atoms with Gasteiger partial charge in [-0.25, -0.2) is 0 Å². The lowest BCUT2D eigenvalue weighted by molar-refractivity contribution is 0.195. The topological polar surface area (TPSA) is 0 Å². The van der Waals surface area contributed by atoms with Gasteiger partial charge in [-0.05, 0) is 110 Å². The molecule has 0 aliphatic heterocycles. The normalized spacial score (nSPS) is 31.9. The van der Waals surface area contributed by atoms with Crippen LogP contribution in [0.25, 0.3) is 10.8 Å². The van der Waals surface area contributed by atoms with Crippen molar-refractivity contribution in [1.29, 1.82) is 0 Å². The Labute approximate surface area is 277 Å². The molecule has 244 valence electrons. The van der Waals surface area contributed by atoms with Crippen LogP contribution < -0.4 is 0 Å². The molecule has 0 aromatic heterocycles. The van der Waals surface area contributed by atoms with Gasteiger partial charge in [-0.2, -0.15) is 0 Å². The van der Waals surface area contributed by atoms with Gasteiger partial charge in [0, 0.05) is 0 Å². The van der Waals surface area contributed by atoms with E-state index in [0.29, 0.717) is 46.8 Å². The summed E-state index contributed by atoms with van der Waals surface area (Å²) in [6, 6.07) is 16.5. The fourth-order valence-corrected chi connectivity index (χ4v) is 9.33. The first-order valence-corrected chi connectivity index (χ1v) is 18.3. The van der Waals surface area contributed by atoms with E-state index in [9.17, 15) is 0 Å². The van der Waals surface area contributed by atoms with Crippen molar-refractivity contribution in [3.63, 3.8) is 0 Å². The molecular formula is C45H64. The van der Waals surface area contributed by atoms with E-state index >= 15 is 0 Å². The molecule has 0 saturated heterocycles. The van der Waals surface area contributed by atoms with E-state index in [0.717, 1.165) is 11.8 Å². The SMILES string of the molecule is CC1CC(C(C)(C)C)CC1[C@@H](c1ccc2ccccc2c1)C1C2C=C(C(C)(C)C)C=CC2C2C=CC(C(C)(C)C)=CC21.CCC. The molecule has 0 nitrogen and oxygen atoms in total. The molecule has 0 spiro atoms. The summed E-state index contributed by atoms with van der Waals surface area (Å²) in [7, 11) is 0. The molecule has 6 rings (SSSR count). The zero-order chi connectivity index (χ0) is 32.9. The quantitative estimate of drug-likeness (QED) is 0.327. The third-order valence-electron chi connectivity index (χ3n) is 11.9. The second kappa shape index (κ2) is 12.7. The lowest BCUT2D eigenvalue weighted by atomic mass is 9.64. The second-order valence-electron chi connectivity index (χ2n) is 18.4. The molecule has 4 aliphatic carbocycles. The summed E-state index contributed by atoms with van der Waals surface area (Å²) in [4.78, 5) is 0. The van der Waals surface area contributed by atoms with Crippen LogP contribution in [0, 0.1) is 63.6 Å². The molecule has 2 saturated carbocycles. The maximum Gasteiger partial charge on any atom is -0.00907 e. The van der Waals surface area contributed by atoms with Crippen LogP contribution in [-0.2, 0) is 0 Å². The van der Waals surface area contributed by atoms with Crippen molar-refractivity contribution >= 4 is 10.8 Å². The summed E-state index contributed by atoms with van der Waals surface area (Å²) in [5.74, 6) is 5.66. The van der Waals surface area contributed by atoms with Gasteiger partial charge in [-0.3, -0.25) is 0 Å². The second-order valence-corrected chi connectivity index (χ2v) is 18.4. The first-order chi connectivity index (χ1) is 21.0. The third kappa shape index (κ3) is 6.87. The van der Waals surface area contributed by atoms with Gasteiger partial charge < -0.3 is 0 Å². The van der Waals surface area contributed by atoms with Crippen molar-refractivity contribution in [3.8, 4) is 0 Å². The van der Waals surface area contributed by atoms with Crippen LogP contribution in [0.4, 0.5) is 0 Å². The highest BCUT2D eigenvalue weighted by Crippen LogP contribution is 2.62. The Kier molecular flexibility index (Phi) is 9.59. The van der Waals surface area contributed by atoms with Gasteiger partial charge in [-0.15, -0.1) is 0 Å². The molecule has 0 N–H and O–H groups in total. The Morgan fingerprint density at radius 3 is 1.64 bits per heavy atom. The molecule has 2 aromatic rings. The van der Waals surface area contributed by atoms with Gasteiger partial charge in [0.25, 0.3) is 0 Å². The monoisotopic (exact) mass is 605 g/mol. The Morgan fingerprint density at radius 2 is 1.18 bits per heavy atom. The van der Waals surface area contributed by atoms with Crippen LogP contribution in [-0.4, -0.2) is 0 Å². The summed E-state index contributed by atoms with van der Waals surface area (Å²) < 4.78 is 0. The molecule has 7 unspecified atom stereocenters. The number of benzene rings is 2. The average molecular weight is 605 g/mol. The fourth-order valence-electron chi connectivity index (χ4n) is 9.33. The molecule has 45 heavy (non-hydrogen) atoms. The first kappa shape index (κ1) is 34.0. The van der Waals surface area contributed by atoms with Crippen molar-refractivity contribution < 1.29 is 0 Å². The largest absolute Gasteiger partial charge is 0.0799 e. The molecule has 8 atom stereocenters. The number of hydrogen-bond acceptors (Lipinski definition) is 0. The minimum absolute atomic E-state index is 0.165. The number of rotatable bonds is 3. The van der Waals surface area contributed by atoms with E-state index in [-0.39, 0.29) is 10.8 Å². The summed E-state index contributed by atoms with van der Waals surface area (Å²) >= 11 is 0. The molecule has 4 aliphatic rings. The Balaban J connectivity index is 0.00000128. The van der Waals surface area contributed by atoms with Crippen molar-refractivity contribution in [3.05, 3.63) is 95.6 Å². The third-order valence-corrected chi connectivity index (χ3v) is 11.9. The molecule has 0 radical (unpaired) electrons. The zero-order valence-corrected chi connectivity index (χ0v) is 30.8. The van der Waals surface area contributed by atoms with Crippen LogP contribution in [0.2, 0.25) is 0 Å². The summed E-state index contributed by atoms with van der Waals surface area (Å²) in [5.41, 5.74) is 5.33. The van der Waals surface area contributed by atoms with Gasteiger partial charge in [0.05, 0.1) is 0 Å². The maximum atomic E-state index is 2.75. The lowest BCUT2D eigenvalue weighted by Crippen LogP contribution is -2.32. The number of allylic oxidation sites excluding steroid dienone is 8. The molecule has 0 bridgehead atoms. The molecule has 2 fully saturated rings. The van der Waals surface area contributed by atoms with Crippen molar-refractivity contribution in [2.45, 2.75) is 108 Å². The highest BCUT2D eigenvalue weighted by atomic mass is 14.6. The summed E-state index contributed by atoms with van der Waals surface area (Å²) in [5, 5.41) is 2.76. The summed E-state index contributed by atoms with van der Waals surface area (Å²) in [6.45, 7) is 28.6. The first-order valence-electron chi connectivity index (χ1n) is 18.3. The Morgan fingerprint density at radius 1 is 0.667 bits per heavy atom. The Hall–Kier alpha value is -2.34. The predicted molar refractivity (Wildman–Crippen MR) is 198 cm³/mol. The fraction of sp³-hybridized carbons (Fsp3) is 0.600. The average Bonchev–Trinajstić information content (AvgIpc) is 3.50. The van der Waals surface area contributed by atoms with Gasteiger partial charge in [0.1, 0.15) is 0 Å². The van der Waals surface area contributed by atoms with E-state index in [1.54, 1.807) is 5.56 Å². The van der Waals surface area contributed by atoms with Crippen LogP contribution in [0.3, 0.4) is 0 Å². The van der Waals surface area contributed by atoms with E-state index in [4.69, 9.17) is 0 Å². The highest BCUT2D eigenvalue weighted by molar-refractivity contribution is 5.83. The molecule has 0 heteroatoms.